The predicted molar refractivity (Wildman–Crippen MR) is 80.6 cm³/mol. The van der Waals surface area contributed by atoms with Gasteiger partial charge in [0.2, 0.25) is 0 Å². The summed E-state index contributed by atoms with van der Waals surface area (Å²) in [5.74, 6) is -0.346. The first-order chi connectivity index (χ1) is 11.3. The Bertz CT molecular complexity index is 607. The number of nitrogens with one attached hydrogen (secondary N) is 3. The van der Waals surface area contributed by atoms with E-state index in [0.717, 1.165) is 25.9 Å². The zero-order valence-corrected chi connectivity index (χ0v) is 13.8. The van der Waals surface area contributed by atoms with Crippen LogP contribution in [0.3, 0.4) is 0 Å². The van der Waals surface area contributed by atoms with Gasteiger partial charge in [0.25, 0.3) is 5.91 Å². The second kappa shape index (κ2) is 6.80. The molecule has 3 aliphatic heterocycles. The van der Waals surface area contributed by atoms with Gasteiger partial charge in [-0.15, -0.1) is 4.28 Å². The summed E-state index contributed by atoms with van der Waals surface area (Å²) in [6.07, 6.45) is 2.75. The van der Waals surface area contributed by atoms with E-state index in [9.17, 15) is 18.0 Å². The fourth-order valence-electron chi connectivity index (χ4n) is 3.34. The molecular formula is C12H21N5O6S. The summed E-state index contributed by atoms with van der Waals surface area (Å²) in [5, 5.41) is 3.84. The molecule has 0 aromatic heterocycles. The average molecular weight is 363 g/mol. The van der Waals surface area contributed by atoms with Crippen molar-refractivity contribution in [3.05, 3.63) is 0 Å². The van der Waals surface area contributed by atoms with Gasteiger partial charge in [0.1, 0.15) is 6.04 Å². The van der Waals surface area contributed by atoms with Crippen LogP contribution in [-0.2, 0) is 19.5 Å². The Labute approximate surface area is 139 Å². The molecule has 2 unspecified atom stereocenters. The van der Waals surface area contributed by atoms with E-state index >= 15 is 0 Å². The van der Waals surface area contributed by atoms with E-state index in [-0.39, 0.29) is 18.5 Å². The van der Waals surface area contributed by atoms with Gasteiger partial charge in [-0.05, 0) is 32.2 Å². The van der Waals surface area contributed by atoms with Gasteiger partial charge in [-0.25, -0.2) is 10.2 Å². The summed E-state index contributed by atoms with van der Waals surface area (Å²) in [6.45, 7) is 1.89. The fraction of sp³-hybridized carbons (Fsp3) is 0.833. The van der Waals surface area contributed by atoms with Crippen LogP contribution in [0, 0.1) is 0 Å². The van der Waals surface area contributed by atoms with Crippen LogP contribution >= 0.6 is 0 Å². The largest absolute Gasteiger partial charge is 0.418 e. The van der Waals surface area contributed by atoms with Gasteiger partial charge >= 0.3 is 16.4 Å². The van der Waals surface area contributed by atoms with Crippen molar-refractivity contribution in [1.29, 1.82) is 0 Å². The normalized spacial score (nSPS) is 30.5. The van der Waals surface area contributed by atoms with Crippen molar-refractivity contribution >= 4 is 22.3 Å². The van der Waals surface area contributed by atoms with Gasteiger partial charge < -0.3 is 10.2 Å². The van der Waals surface area contributed by atoms with Crippen LogP contribution < -0.4 is 16.2 Å². The number of piperidine rings is 2. The highest BCUT2D eigenvalue weighted by atomic mass is 32.3. The molecular weight excluding hydrogens is 342 g/mol. The Morgan fingerprint density at radius 1 is 1.33 bits per heavy atom. The van der Waals surface area contributed by atoms with Crippen molar-refractivity contribution in [2.24, 2.45) is 0 Å². The fourth-order valence-corrected chi connectivity index (χ4v) is 3.72. The van der Waals surface area contributed by atoms with Crippen LogP contribution in [0.5, 0.6) is 0 Å². The van der Waals surface area contributed by atoms with Gasteiger partial charge in [-0.1, -0.05) is 0 Å². The summed E-state index contributed by atoms with van der Waals surface area (Å²) in [6, 6.07) is -1.81. The number of hydrogen-bond acceptors (Lipinski definition) is 7. The quantitative estimate of drug-likeness (QED) is 0.337. The van der Waals surface area contributed by atoms with Crippen LogP contribution in [-0.4, -0.2) is 72.6 Å². The Hall–Kier alpha value is -1.47. The third-order valence-corrected chi connectivity index (χ3v) is 4.85. The summed E-state index contributed by atoms with van der Waals surface area (Å²) in [7, 11) is -4.78. The smallest absolute Gasteiger partial charge is 0.315 e. The molecule has 0 saturated carbocycles. The standard InChI is InChI=1S/C12H21N5O6S/c18-11(15-14-8-2-1-5-13-6-8)10-4-3-9-7-16(10)12(19)17(9)23-24(20,21)22/h8-10,13-14H,1-7H2,(H,15,18)(H,20,21,22)/t8?,9?,10-/m0/s1. The van der Waals surface area contributed by atoms with Crippen molar-refractivity contribution in [2.75, 3.05) is 19.6 Å². The SMILES string of the molecule is O=C(NNC1CCCNC1)[C@@H]1CCC2CN1C(=O)N2OS(=O)(=O)O. The average Bonchev–Trinajstić information content (AvgIpc) is 2.77. The number of carbonyl (C=O) groups excluding carboxylic acids is 2. The highest BCUT2D eigenvalue weighted by Gasteiger charge is 2.49. The van der Waals surface area contributed by atoms with E-state index in [1.807, 2.05) is 0 Å². The van der Waals surface area contributed by atoms with Gasteiger partial charge in [0.15, 0.2) is 0 Å². The zero-order chi connectivity index (χ0) is 17.3. The molecule has 2 bridgehead atoms. The topological polar surface area (TPSA) is 140 Å². The number of nitrogens with zero attached hydrogens (tertiary/aromatic N) is 2. The van der Waals surface area contributed by atoms with Crippen molar-refractivity contribution in [1.82, 2.24) is 26.1 Å². The molecule has 3 amide bonds. The highest BCUT2D eigenvalue weighted by molar-refractivity contribution is 7.80. The van der Waals surface area contributed by atoms with E-state index in [2.05, 4.69) is 20.5 Å². The number of hydrazine groups is 1. The monoisotopic (exact) mass is 363 g/mol. The predicted octanol–water partition coefficient (Wildman–Crippen LogP) is -1.64. The second-order valence-electron chi connectivity index (χ2n) is 6.19. The summed E-state index contributed by atoms with van der Waals surface area (Å²) < 4.78 is 34.8. The first-order valence-corrected chi connectivity index (χ1v) is 9.24. The lowest BCUT2D eigenvalue weighted by Gasteiger charge is -2.30. The first kappa shape index (κ1) is 17.4. The Kier molecular flexibility index (Phi) is 4.92. The van der Waals surface area contributed by atoms with Crippen LogP contribution in [0.2, 0.25) is 0 Å². The van der Waals surface area contributed by atoms with E-state index in [1.54, 1.807) is 0 Å². The lowest BCUT2D eigenvalue weighted by atomic mass is 10.0. The maximum Gasteiger partial charge on any atom is 0.418 e. The van der Waals surface area contributed by atoms with E-state index in [1.165, 1.54) is 4.90 Å². The van der Waals surface area contributed by atoms with Gasteiger partial charge in [-0.2, -0.15) is 13.5 Å². The van der Waals surface area contributed by atoms with E-state index in [4.69, 9.17) is 4.55 Å². The van der Waals surface area contributed by atoms with E-state index in [0.29, 0.717) is 17.9 Å². The number of fused-ring (bicyclic) bond motifs is 2. The Balaban J connectivity index is 1.58. The van der Waals surface area contributed by atoms with Crippen LogP contribution in [0.15, 0.2) is 0 Å². The third kappa shape index (κ3) is 3.78. The summed E-state index contributed by atoms with van der Waals surface area (Å²) in [4.78, 5) is 25.8. The number of hydrogen-bond donors (Lipinski definition) is 4. The van der Waals surface area contributed by atoms with Gasteiger partial charge in [0.05, 0.1) is 6.04 Å². The van der Waals surface area contributed by atoms with Crippen molar-refractivity contribution in [2.45, 2.75) is 43.8 Å². The molecule has 3 aliphatic rings. The molecule has 0 spiro atoms. The highest BCUT2D eigenvalue weighted by Crippen LogP contribution is 2.30. The lowest BCUT2D eigenvalue weighted by molar-refractivity contribution is -0.127. The van der Waals surface area contributed by atoms with Gasteiger partial charge in [-0.3, -0.25) is 14.8 Å². The molecule has 4 N–H and O–H groups in total. The zero-order valence-electron chi connectivity index (χ0n) is 13.0. The number of hydroxylamine groups is 2. The molecule has 136 valence electrons. The van der Waals surface area contributed by atoms with Crippen LogP contribution in [0.1, 0.15) is 25.7 Å². The third-order valence-electron chi connectivity index (χ3n) is 4.50. The molecule has 3 fully saturated rings. The van der Waals surface area contributed by atoms with E-state index < -0.39 is 28.5 Å². The molecule has 0 aliphatic carbocycles. The molecule has 3 saturated heterocycles. The molecule has 24 heavy (non-hydrogen) atoms. The van der Waals surface area contributed by atoms with Gasteiger partial charge in [0, 0.05) is 19.1 Å². The maximum absolute atomic E-state index is 12.4. The molecule has 0 aromatic carbocycles. The molecule has 0 aromatic rings. The minimum Gasteiger partial charge on any atom is -0.315 e. The Morgan fingerprint density at radius 3 is 2.79 bits per heavy atom. The van der Waals surface area contributed by atoms with Crippen molar-refractivity contribution in [3.8, 4) is 0 Å². The van der Waals surface area contributed by atoms with Crippen LogP contribution in [0.4, 0.5) is 4.79 Å². The summed E-state index contributed by atoms with van der Waals surface area (Å²) >= 11 is 0. The minimum absolute atomic E-state index is 0.132. The lowest BCUT2D eigenvalue weighted by Crippen LogP contribution is -2.57. The van der Waals surface area contributed by atoms with Crippen LogP contribution in [0.25, 0.3) is 0 Å². The molecule has 3 rings (SSSR count). The Morgan fingerprint density at radius 2 is 2.12 bits per heavy atom. The molecule has 3 heterocycles. The number of carbonyl (C=O) groups is 2. The first-order valence-electron chi connectivity index (χ1n) is 7.88. The number of amides is 3. The second-order valence-corrected chi connectivity index (χ2v) is 7.19. The number of rotatable bonds is 5. The molecule has 12 heteroatoms. The summed E-state index contributed by atoms with van der Waals surface area (Å²) in [5.41, 5.74) is 5.60. The maximum atomic E-state index is 12.4. The molecule has 11 nitrogen and oxygen atoms in total. The minimum atomic E-state index is -4.78. The van der Waals surface area contributed by atoms with Crippen molar-refractivity contribution in [3.63, 3.8) is 0 Å². The molecule has 0 radical (unpaired) electrons. The number of urea groups is 1. The molecule has 3 atom stereocenters. The van der Waals surface area contributed by atoms with Crippen molar-refractivity contribution < 1.29 is 26.8 Å².